The van der Waals surface area contributed by atoms with Gasteiger partial charge in [-0.3, -0.25) is 10.1 Å². The van der Waals surface area contributed by atoms with Crippen LogP contribution in [0.3, 0.4) is 0 Å². The summed E-state index contributed by atoms with van der Waals surface area (Å²) in [5.74, 6) is -0.334. The van der Waals surface area contributed by atoms with E-state index in [0.717, 1.165) is 22.5 Å². The number of phenolic OH excluding ortho intramolecular Hbond substituents is 1. The number of aromatic hydroxyl groups is 1. The Labute approximate surface area is 197 Å². The molecule has 32 heavy (non-hydrogen) atoms. The number of nitrogens with two attached hydrogens (primary N) is 1. The van der Waals surface area contributed by atoms with Gasteiger partial charge in [-0.05, 0) is 36.5 Å². The Bertz CT molecular complexity index is 1180. The molecule has 0 bridgehead atoms. The largest absolute Gasteiger partial charge is 0.506 e. The molecule has 0 aliphatic heterocycles. The third kappa shape index (κ3) is 7.03. The molecule has 2 aromatic carbocycles. The van der Waals surface area contributed by atoms with Crippen LogP contribution in [0.15, 0.2) is 47.3 Å². The van der Waals surface area contributed by atoms with Crippen LogP contribution in [-0.4, -0.2) is 43.1 Å². The summed E-state index contributed by atoms with van der Waals surface area (Å²) in [4.78, 5) is 14.1. The molecule has 5 N–H and O–H groups in total. The van der Waals surface area contributed by atoms with Gasteiger partial charge in [-0.15, -0.1) is 12.4 Å². The van der Waals surface area contributed by atoms with Crippen molar-refractivity contribution in [3.8, 4) is 5.75 Å². The van der Waals surface area contributed by atoms with E-state index < -0.39 is 15.7 Å². The Morgan fingerprint density at radius 1 is 1.19 bits per heavy atom. The van der Waals surface area contributed by atoms with E-state index in [9.17, 15) is 18.3 Å². The van der Waals surface area contributed by atoms with Crippen LogP contribution in [0.1, 0.15) is 24.5 Å². The Hall–Kier alpha value is -1.95. The first-order valence-corrected chi connectivity index (χ1v) is 12.5. The van der Waals surface area contributed by atoms with Crippen molar-refractivity contribution >= 4 is 44.0 Å². The number of sulfonamides is 1. The fraction of sp³-hybridized carbons (Fsp3) is 0.381. The van der Waals surface area contributed by atoms with Crippen molar-refractivity contribution in [1.82, 2.24) is 10.3 Å². The number of ether oxygens (including phenoxy) is 1. The molecule has 0 amide bonds. The predicted molar refractivity (Wildman–Crippen MR) is 130 cm³/mol. The standard InChI is InChI=1S/C21H27N3O5S2.ClH/c1-2-21(14-31(22,27)28,29-13-11-15-6-4-3-5-7-15)23-12-10-16-8-9-17(25)18-19(16)30-20(26)24-18;/h3-9,23,25H,2,10-14H2,1H3,(H,24,26)(H2,22,27,28);1H. The van der Waals surface area contributed by atoms with Crippen molar-refractivity contribution in [3.63, 3.8) is 0 Å². The Balaban J connectivity index is 0.00000363. The van der Waals surface area contributed by atoms with Gasteiger partial charge in [-0.25, -0.2) is 13.6 Å². The SMILES string of the molecule is CCC(CS(N)(=O)=O)(NCCc1ccc(O)c2[nH]c(=O)sc12)OCCc1ccccc1.Cl. The van der Waals surface area contributed by atoms with Gasteiger partial charge >= 0.3 is 4.87 Å². The monoisotopic (exact) mass is 501 g/mol. The normalized spacial score (nSPS) is 13.6. The number of aromatic nitrogens is 1. The van der Waals surface area contributed by atoms with Gasteiger partial charge in [0.05, 0.1) is 11.3 Å². The number of fused-ring (bicyclic) bond motifs is 1. The van der Waals surface area contributed by atoms with Crippen LogP contribution in [-0.2, 0) is 27.6 Å². The summed E-state index contributed by atoms with van der Waals surface area (Å²) < 4.78 is 30.5. The number of rotatable bonds is 11. The summed E-state index contributed by atoms with van der Waals surface area (Å²) in [6, 6.07) is 13.1. The Kier molecular flexibility index (Phi) is 9.26. The van der Waals surface area contributed by atoms with E-state index in [1.807, 2.05) is 37.3 Å². The number of halogens is 1. The number of thiazole rings is 1. The highest BCUT2D eigenvalue weighted by Crippen LogP contribution is 2.28. The molecule has 0 spiro atoms. The summed E-state index contributed by atoms with van der Waals surface area (Å²) in [5.41, 5.74) is 1.26. The van der Waals surface area contributed by atoms with Gasteiger partial charge in [0.1, 0.15) is 22.7 Å². The third-order valence-electron chi connectivity index (χ3n) is 5.10. The lowest BCUT2D eigenvalue weighted by atomic mass is 10.1. The number of hydrogen-bond donors (Lipinski definition) is 4. The minimum atomic E-state index is -3.79. The third-order valence-corrected chi connectivity index (χ3v) is 6.92. The number of H-pyrrole nitrogens is 1. The molecule has 8 nitrogen and oxygen atoms in total. The molecule has 1 aromatic heterocycles. The molecular formula is C21H28ClN3O5S2. The zero-order chi connectivity index (χ0) is 22.5. The van der Waals surface area contributed by atoms with E-state index in [1.165, 1.54) is 6.07 Å². The first-order valence-electron chi connectivity index (χ1n) is 9.98. The van der Waals surface area contributed by atoms with Crippen molar-refractivity contribution in [2.45, 2.75) is 31.9 Å². The molecule has 0 radical (unpaired) electrons. The molecular weight excluding hydrogens is 474 g/mol. The minimum absolute atomic E-state index is 0. The van der Waals surface area contributed by atoms with E-state index in [1.54, 1.807) is 6.07 Å². The van der Waals surface area contributed by atoms with Gasteiger partial charge in [0.2, 0.25) is 10.0 Å². The number of nitrogens with one attached hydrogen (secondary N) is 2. The number of aromatic amines is 1. The fourth-order valence-corrected chi connectivity index (χ4v) is 5.44. The molecule has 3 rings (SSSR count). The lowest BCUT2D eigenvalue weighted by Crippen LogP contribution is -2.54. The maximum Gasteiger partial charge on any atom is 0.305 e. The average molecular weight is 502 g/mol. The molecule has 176 valence electrons. The van der Waals surface area contributed by atoms with E-state index in [4.69, 9.17) is 9.88 Å². The fourth-order valence-electron chi connectivity index (χ4n) is 3.50. The number of benzene rings is 2. The van der Waals surface area contributed by atoms with Crippen LogP contribution in [0.2, 0.25) is 0 Å². The summed E-state index contributed by atoms with van der Waals surface area (Å²) in [6.45, 7) is 2.58. The first-order chi connectivity index (χ1) is 14.7. The maximum atomic E-state index is 11.9. The molecule has 0 fully saturated rings. The summed E-state index contributed by atoms with van der Waals surface area (Å²) in [6.07, 6.45) is 1.56. The predicted octanol–water partition coefficient (Wildman–Crippen LogP) is 2.50. The van der Waals surface area contributed by atoms with Gasteiger partial charge in [-0.1, -0.05) is 54.7 Å². The molecule has 1 unspecified atom stereocenters. The van der Waals surface area contributed by atoms with E-state index in [2.05, 4.69) is 10.3 Å². The molecule has 11 heteroatoms. The molecule has 0 saturated carbocycles. The van der Waals surface area contributed by atoms with Crippen LogP contribution in [0.4, 0.5) is 0 Å². The highest BCUT2D eigenvalue weighted by Gasteiger charge is 2.33. The smallest absolute Gasteiger partial charge is 0.305 e. The molecule has 0 aliphatic rings. The van der Waals surface area contributed by atoms with Crippen molar-refractivity contribution in [1.29, 1.82) is 0 Å². The Morgan fingerprint density at radius 2 is 1.91 bits per heavy atom. The average Bonchev–Trinajstić information content (AvgIpc) is 3.12. The van der Waals surface area contributed by atoms with E-state index >= 15 is 0 Å². The summed E-state index contributed by atoms with van der Waals surface area (Å²) in [7, 11) is -3.79. The van der Waals surface area contributed by atoms with Crippen LogP contribution in [0, 0.1) is 0 Å². The highest BCUT2D eigenvalue weighted by molar-refractivity contribution is 7.89. The lowest BCUT2D eigenvalue weighted by Gasteiger charge is -2.33. The molecule has 3 aromatic rings. The second-order valence-electron chi connectivity index (χ2n) is 7.38. The summed E-state index contributed by atoms with van der Waals surface area (Å²) in [5, 5.41) is 18.5. The van der Waals surface area contributed by atoms with Crippen molar-refractivity contribution in [2.75, 3.05) is 18.9 Å². The molecule has 0 aliphatic carbocycles. The molecule has 0 saturated heterocycles. The topological polar surface area (TPSA) is 135 Å². The zero-order valence-corrected chi connectivity index (χ0v) is 20.1. The maximum absolute atomic E-state index is 11.9. The van der Waals surface area contributed by atoms with Gasteiger partial charge in [-0.2, -0.15) is 0 Å². The number of phenols is 1. The van der Waals surface area contributed by atoms with E-state index in [-0.39, 0.29) is 28.8 Å². The highest BCUT2D eigenvalue weighted by atomic mass is 35.5. The Morgan fingerprint density at radius 3 is 2.56 bits per heavy atom. The second-order valence-corrected chi connectivity index (χ2v) is 9.98. The van der Waals surface area contributed by atoms with Crippen LogP contribution in [0.5, 0.6) is 5.75 Å². The molecule has 1 atom stereocenters. The lowest BCUT2D eigenvalue weighted by molar-refractivity contribution is -0.0551. The van der Waals surface area contributed by atoms with Gasteiger partial charge in [0, 0.05) is 6.54 Å². The van der Waals surface area contributed by atoms with Gasteiger partial charge in [0.15, 0.2) is 0 Å². The second kappa shape index (κ2) is 11.3. The van der Waals surface area contributed by atoms with Crippen molar-refractivity contribution < 1.29 is 18.3 Å². The van der Waals surface area contributed by atoms with Gasteiger partial charge in [0.25, 0.3) is 0 Å². The van der Waals surface area contributed by atoms with Gasteiger partial charge < -0.3 is 14.8 Å². The number of hydrogen-bond acceptors (Lipinski definition) is 7. The zero-order valence-electron chi connectivity index (χ0n) is 17.7. The van der Waals surface area contributed by atoms with Crippen LogP contribution < -0.4 is 15.3 Å². The van der Waals surface area contributed by atoms with E-state index in [0.29, 0.717) is 42.6 Å². The van der Waals surface area contributed by atoms with Crippen LogP contribution in [0.25, 0.3) is 10.2 Å². The quantitative estimate of drug-likeness (QED) is 0.298. The van der Waals surface area contributed by atoms with Crippen LogP contribution >= 0.6 is 23.7 Å². The number of primary sulfonamides is 1. The minimum Gasteiger partial charge on any atom is -0.506 e. The first kappa shape index (κ1) is 26.3. The summed E-state index contributed by atoms with van der Waals surface area (Å²) >= 11 is 1.03. The van der Waals surface area contributed by atoms with Crippen molar-refractivity contribution in [3.05, 3.63) is 63.3 Å². The molecule has 1 heterocycles. The van der Waals surface area contributed by atoms with Crippen molar-refractivity contribution in [2.24, 2.45) is 5.14 Å².